The lowest BCUT2D eigenvalue weighted by atomic mass is 9.76. The van der Waals surface area contributed by atoms with Gasteiger partial charge in [-0.3, -0.25) is 14.7 Å². The molecule has 0 amide bonds. The second-order valence-electron chi connectivity index (χ2n) is 11.8. The lowest BCUT2D eigenvalue weighted by molar-refractivity contribution is -0.134. The van der Waals surface area contributed by atoms with Crippen molar-refractivity contribution >= 4 is 22.7 Å². The van der Waals surface area contributed by atoms with Crippen molar-refractivity contribution in [3.8, 4) is 0 Å². The molecule has 1 aromatic carbocycles. The summed E-state index contributed by atoms with van der Waals surface area (Å²) in [4.78, 5) is 38.3. The zero-order chi connectivity index (χ0) is 25.5. The van der Waals surface area contributed by atoms with Gasteiger partial charge in [0.05, 0.1) is 17.6 Å². The number of aliphatic imine (C=N–C) groups is 1. The first kappa shape index (κ1) is 24.8. The van der Waals surface area contributed by atoms with Crippen molar-refractivity contribution in [3.05, 3.63) is 40.3 Å². The molecule has 4 aliphatic rings. The van der Waals surface area contributed by atoms with Crippen LogP contribution in [0.2, 0.25) is 0 Å². The van der Waals surface area contributed by atoms with E-state index in [0.717, 1.165) is 30.2 Å². The molecule has 4 bridgehead atoms. The molecule has 4 fully saturated rings. The number of piperidine rings is 1. The Bertz CT molecular complexity index is 1230. The smallest absolute Gasteiger partial charge is 0.358 e. The fourth-order valence-electron chi connectivity index (χ4n) is 8.27. The first-order valence-corrected chi connectivity index (χ1v) is 14.5. The van der Waals surface area contributed by atoms with Crippen molar-refractivity contribution in [1.29, 1.82) is 0 Å². The van der Waals surface area contributed by atoms with Crippen molar-refractivity contribution in [1.82, 2.24) is 14.5 Å². The molecule has 2 saturated heterocycles. The fraction of sp³-hybridized carbons (Fsp3) is 0.667. The van der Waals surface area contributed by atoms with Crippen LogP contribution in [0, 0.1) is 11.8 Å². The Balaban J connectivity index is 1.33. The van der Waals surface area contributed by atoms with Gasteiger partial charge >= 0.3 is 5.97 Å². The molecule has 2 saturated carbocycles. The van der Waals surface area contributed by atoms with E-state index in [2.05, 4.69) is 14.9 Å². The van der Waals surface area contributed by atoms with Crippen molar-refractivity contribution < 1.29 is 9.53 Å². The maximum absolute atomic E-state index is 14.0. The number of hydrogen-bond donors (Lipinski definition) is 0. The number of carbonyl (C=O) groups excluding carboxylic acids is 1. The Morgan fingerprint density at radius 1 is 0.946 bits per heavy atom. The summed E-state index contributed by atoms with van der Waals surface area (Å²) in [6.07, 6.45) is 14.3. The van der Waals surface area contributed by atoms with Gasteiger partial charge in [-0.15, -0.1) is 0 Å². The zero-order valence-electron chi connectivity index (χ0n) is 22.3. The van der Waals surface area contributed by atoms with E-state index in [1.54, 1.807) is 6.92 Å². The molecule has 6 rings (SSSR count). The molecule has 0 radical (unpaired) electrons. The fourth-order valence-corrected chi connectivity index (χ4v) is 8.27. The summed E-state index contributed by atoms with van der Waals surface area (Å²) in [5, 5.41) is 0. The van der Waals surface area contributed by atoms with Gasteiger partial charge in [-0.05, 0) is 75.8 Å². The van der Waals surface area contributed by atoms with E-state index in [-0.39, 0.29) is 29.6 Å². The quantitative estimate of drug-likeness (QED) is 0.427. The Morgan fingerprint density at radius 3 is 2.27 bits per heavy atom. The maximum atomic E-state index is 14.0. The highest BCUT2D eigenvalue weighted by Crippen LogP contribution is 2.47. The Hall–Kier alpha value is -2.54. The summed E-state index contributed by atoms with van der Waals surface area (Å²) in [7, 11) is 1.52. The van der Waals surface area contributed by atoms with Gasteiger partial charge in [0.25, 0.3) is 5.56 Å². The van der Waals surface area contributed by atoms with Crippen molar-refractivity contribution in [3.63, 3.8) is 0 Å². The van der Waals surface area contributed by atoms with Gasteiger partial charge in [0, 0.05) is 31.2 Å². The van der Waals surface area contributed by atoms with Crippen molar-refractivity contribution in [2.24, 2.45) is 16.8 Å². The lowest BCUT2D eigenvalue weighted by Gasteiger charge is -2.48. The largest absolute Gasteiger partial charge is 0.461 e. The number of nitrogens with zero attached hydrogens (tertiary/aromatic N) is 4. The van der Waals surface area contributed by atoms with Crippen LogP contribution < -0.4 is 5.56 Å². The second-order valence-corrected chi connectivity index (χ2v) is 11.8. The monoisotopic (exact) mass is 504 g/mol. The number of fused-ring (bicyclic) bond motifs is 5. The van der Waals surface area contributed by atoms with E-state index in [1.165, 1.54) is 64.8 Å². The van der Waals surface area contributed by atoms with Crippen molar-refractivity contribution in [2.45, 2.75) is 102 Å². The molecule has 198 valence electrons. The Kier molecular flexibility index (Phi) is 6.91. The van der Waals surface area contributed by atoms with Crippen LogP contribution in [0.25, 0.3) is 11.0 Å². The Morgan fingerprint density at radius 2 is 1.62 bits per heavy atom. The molecular formula is C30H40N4O3. The van der Waals surface area contributed by atoms with E-state index in [4.69, 9.17) is 4.74 Å². The molecule has 7 heteroatoms. The van der Waals surface area contributed by atoms with Gasteiger partial charge in [-0.1, -0.05) is 37.8 Å². The molecule has 1 aromatic heterocycles. The molecule has 0 spiro atoms. The van der Waals surface area contributed by atoms with Gasteiger partial charge in [0.1, 0.15) is 0 Å². The summed E-state index contributed by atoms with van der Waals surface area (Å²) < 4.78 is 7.14. The van der Waals surface area contributed by atoms with Crippen LogP contribution in [0.5, 0.6) is 0 Å². The van der Waals surface area contributed by atoms with Crippen LogP contribution in [0.4, 0.5) is 0 Å². The molecule has 7 nitrogen and oxygen atoms in total. The van der Waals surface area contributed by atoms with Crippen LogP contribution in [0.1, 0.15) is 89.3 Å². The number of para-hydroxylation sites is 2. The first-order valence-electron chi connectivity index (χ1n) is 14.5. The molecule has 4 atom stereocenters. The molecule has 2 aliphatic heterocycles. The van der Waals surface area contributed by atoms with Crippen LogP contribution in [0.15, 0.2) is 34.1 Å². The molecule has 2 aliphatic carbocycles. The summed E-state index contributed by atoms with van der Waals surface area (Å²) in [6, 6.07) is 9.66. The molecule has 3 heterocycles. The normalized spacial score (nSPS) is 32.3. The highest BCUT2D eigenvalue weighted by Gasteiger charge is 2.47. The second kappa shape index (κ2) is 10.3. The first-order chi connectivity index (χ1) is 18.1. The van der Waals surface area contributed by atoms with E-state index < -0.39 is 5.97 Å². The number of aromatic nitrogens is 2. The third kappa shape index (κ3) is 4.53. The van der Waals surface area contributed by atoms with Gasteiger partial charge in [-0.2, -0.15) is 0 Å². The number of hydrogen-bond acceptors (Lipinski definition) is 6. The number of esters is 1. The van der Waals surface area contributed by atoms with Crippen LogP contribution in [-0.4, -0.2) is 57.9 Å². The van der Waals surface area contributed by atoms with Gasteiger partial charge in [-0.25, -0.2) is 9.78 Å². The summed E-state index contributed by atoms with van der Waals surface area (Å²) in [6.45, 7) is 1.98. The number of carbonyl (C=O) groups is 1. The Labute approximate surface area is 219 Å². The van der Waals surface area contributed by atoms with Gasteiger partial charge < -0.3 is 9.30 Å². The SMILES string of the molecule is CCOC(=O)C(=NC)c1nc2ccccc2n(C2CC3CCC(C2)N3C2CC3CCCCC(C3)C2)c1=O. The summed E-state index contributed by atoms with van der Waals surface area (Å²) in [5.74, 6) is 1.23. The van der Waals surface area contributed by atoms with Crippen LogP contribution >= 0.6 is 0 Å². The zero-order valence-corrected chi connectivity index (χ0v) is 22.3. The topological polar surface area (TPSA) is 76.8 Å². The molecule has 2 aromatic rings. The van der Waals surface area contributed by atoms with Gasteiger partial charge in [0.2, 0.25) is 0 Å². The third-order valence-electron chi connectivity index (χ3n) is 9.62. The molecule has 37 heavy (non-hydrogen) atoms. The lowest BCUT2D eigenvalue weighted by Crippen LogP contribution is -2.52. The molecule has 4 unspecified atom stereocenters. The third-order valence-corrected chi connectivity index (χ3v) is 9.62. The highest BCUT2D eigenvalue weighted by atomic mass is 16.5. The molecular weight excluding hydrogens is 464 g/mol. The summed E-state index contributed by atoms with van der Waals surface area (Å²) >= 11 is 0. The highest BCUT2D eigenvalue weighted by molar-refractivity contribution is 6.42. The number of ether oxygens (including phenoxy) is 1. The van der Waals surface area contributed by atoms with E-state index in [1.807, 2.05) is 28.8 Å². The number of benzene rings is 1. The maximum Gasteiger partial charge on any atom is 0.358 e. The predicted molar refractivity (Wildman–Crippen MR) is 145 cm³/mol. The summed E-state index contributed by atoms with van der Waals surface area (Å²) in [5.41, 5.74) is 1.45. The average molecular weight is 505 g/mol. The standard InChI is InChI=1S/C30H40N4O3/c1-3-37-30(36)28(31-2)27-29(35)34(26-11-7-6-10-25(26)32-27)24-17-21-12-13-22(18-24)33(21)23-15-19-8-4-5-9-20(14-19)16-23/h6-7,10-11,19-24H,3-5,8-9,12-18H2,1-2H3. The minimum Gasteiger partial charge on any atom is -0.461 e. The predicted octanol–water partition coefficient (Wildman–Crippen LogP) is 4.91. The minimum atomic E-state index is -0.593. The van der Waals surface area contributed by atoms with E-state index in [0.29, 0.717) is 23.6 Å². The minimum absolute atomic E-state index is 0.0107. The van der Waals surface area contributed by atoms with Crippen molar-refractivity contribution in [2.75, 3.05) is 13.7 Å². The average Bonchev–Trinajstić information content (AvgIpc) is 3.05. The number of rotatable bonds is 5. The van der Waals surface area contributed by atoms with Crippen LogP contribution in [-0.2, 0) is 9.53 Å². The van der Waals surface area contributed by atoms with Crippen LogP contribution in [0.3, 0.4) is 0 Å². The van der Waals surface area contributed by atoms with Gasteiger partial charge in [0.15, 0.2) is 11.4 Å². The molecule has 0 N–H and O–H groups in total. The van der Waals surface area contributed by atoms with E-state index >= 15 is 0 Å². The van der Waals surface area contributed by atoms with E-state index in [9.17, 15) is 9.59 Å².